The quantitative estimate of drug-likeness (QED) is 0.268. The number of aromatic nitrogens is 1. The molecule has 28 heavy (non-hydrogen) atoms. The van der Waals surface area contributed by atoms with Crippen LogP contribution in [0.15, 0.2) is 23.3 Å². The second kappa shape index (κ2) is 13.5. The van der Waals surface area contributed by atoms with Crippen molar-refractivity contribution >= 4 is 35.8 Å². The summed E-state index contributed by atoms with van der Waals surface area (Å²) in [5.41, 5.74) is 6.30. The van der Waals surface area contributed by atoms with Crippen LogP contribution < -0.4 is 21.1 Å². The van der Waals surface area contributed by atoms with Gasteiger partial charge in [0.25, 0.3) is 0 Å². The van der Waals surface area contributed by atoms with Crippen molar-refractivity contribution in [2.75, 3.05) is 32.8 Å². The molecule has 0 saturated carbocycles. The van der Waals surface area contributed by atoms with Crippen molar-refractivity contribution in [3.63, 3.8) is 0 Å². The number of rotatable bonds is 9. The Kier molecular flexibility index (Phi) is 11.8. The van der Waals surface area contributed by atoms with E-state index in [4.69, 9.17) is 10.5 Å². The van der Waals surface area contributed by atoms with Crippen molar-refractivity contribution in [2.45, 2.75) is 45.7 Å². The third kappa shape index (κ3) is 9.05. The minimum absolute atomic E-state index is 0. The lowest BCUT2D eigenvalue weighted by Crippen LogP contribution is -2.49. The van der Waals surface area contributed by atoms with Crippen molar-refractivity contribution in [1.29, 1.82) is 0 Å². The van der Waals surface area contributed by atoms with E-state index in [2.05, 4.69) is 32.4 Å². The third-order valence-electron chi connectivity index (χ3n) is 4.32. The molecule has 1 aromatic rings. The van der Waals surface area contributed by atoms with E-state index >= 15 is 0 Å². The minimum Gasteiger partial charge on any atom is -0.478 e. The first-order valence-corrected chi connectivity index (χ1v) is 9.74. The molecule has 0 spiro atoms. The minimum atomic E-state index is -0.268. The number of nitrogens with zero attached hydrogens (tertiary/aromatic N) is 3. The van der Waals surface area contributed by atoms with Crippen LogP contribution in [-0.4, -0.2) is 60.6 Å². The maximum absolute atomic E-state index is 11.0. The number of halogens is 1. The summed E-state index contributed by atoms with van der Waals surface area (Å²) in [4.78, 5) is 22.1. The van der Waals surface area contributed by atoms with Gasteiger partial charge in [-0.15, -0.1) is 24.0 Å². The van der Waals surface area contributed by atoms with Crippen LogP contribution in [0.2, 0.25) is 0 Å². The fraction of sp³-hybridized carbons (Fsp3) is 0.632. The molecule has 0 bridgehead atoms. The molecule has 158 valence electrons. The fourth-order valence-corrected chi connectivity index (χ4v) is 2.94. The zero-order chi connectivity index (χ0) is 19.5. The molecule has 0 radical (unpaired) electrons. The summed E-state index contributed by atoms with van der Waals surface area (Å²) in [7, 11) is 0. The summed E-state index contributed by atoms with van der Waals surface area (Å²) in [6.07, 6.45) is 4.69. The highest BCUT2D eigenvalue weighted by molar-refractivity contribution is 14.0. The predicted molar refractivity (Wildman–Crippen MR) is 122 cm³/mol. The molecule has 0 unspecified atom stereocenters. The Morgan fingerprint density at radius 3 is 2.68 bits per heavy atom. The highest BCUT2D eigenvalue weighted by Gasteiger charge is 2.20. The number of piperidine rings is 1. The van der Waals surface area contributed by atoms with E-state index in [0.29, 0.717) is 31.6 Å². The van der Waals surface area contributed by atoms with Gasteiger partial charge in [0, 0.05) is 37.9 Å². The first kappa shape index (κ1) is 24.4. The van der Waals surface area contributed by atoms with Gasteiger partial charge >= 0.3 is 0 Å². The zero-order valence-electron chi connectivity index (χ0n) is 16.8. The number of carbonyl (C=O) groups is 1. The number of amides is 1. The van der Waals surface area contributed by atoms with E-state index in [1.165, 1.54) is 0 Å². The van der Waals surface area contributed by atoms with Crippen LogP contribution in [0.5, 0.6) is 5.88 Å². The molecule has 0 atom stereocenters. The second-order valence-corrected chi connectivity index (χ2v) is 6.71. The highest BCUT2D eigenvalue weighted by atomic mass is 127. The molecular formula is C19H33IN6O2. The number of aliphatic imine (C=N–C) groups is 1. The fourth-order valence-electron chi connectivity index (χ4n) is 2.94. The normalized spacial score (nSPS) is 15.6. The summed E-state index contributed by atoms with van der Waals surface area (Å²) in [6, 6.07) is 4.22. The van der Waals surface area contributed by atoms with Gasteiger partial charge in [-0.3, -0.25) is 9.69 Å². The first-order chi connectivity index (χ1) is 13.1. The maximum Gasteiger partial charge on any atom is 0.231 e. The van der Waals surface area contributed by atoms with Gasteiger partial charge in [-0.05, 0) is 31.7 Å². The molecular weight excluding hydrogens is 471 g/mol. The Bertz CT molecular complexity index is 603. The summed E-state index contributed by atoms with van der Waals surface area (Å²) in [5.74, 6) is 1.19. The molecule has 4 N–H and O–H groups in total. The van der Waals surface area contributed by atoms with E-state index in [9.17, 15) is 4.79 Å². The van der Waals surface area contributed by atoms with Crippen LogP contribution in [0.4, 0.5) is 0 Å². The van der Waals surface area contributed by atoms with E-state index in [-0.39, 0.29) is 29.9 Å². The average molecular weight is 504 g/mol. The standard InChI is InChI=1S/C19H32N6O2.HI/c1-3-11-27-18-6-5-15(12-22-18)13-23-19(21-4-2)24-16-7-9-25(10-8-16)14-17(20)26;/h5-6,12,16H,3-4,7-11,13-14H2,1-2H3,(H2,20,26)(H2,21,23,24);1H. The van der Waals surface area contributed by atoms with Crippen LogP contribution >= 0.6 is 24.0 Å². The van der Waals surface area contributed by atoms with Gasteiger partial charge in [0.1, 0.15) is 0 Å². The molecule has 1 aliphatic rings. The number of hydrogen-bond acceptors (Lipinski definition) is 5. The van der Waals surface area contributed by atoms with Crippen molar-refractivity contribution in [3.05, 3.63) is 23.9 Å². The molecule has 1 aromatic heterocycles. The summed E-state index contributed by atoms with van der Waals surface area (Å²) >= 11 is 0. The van der Waals surface area contributed by atoms with Gasteiger partial charge in [0.2, 0.25) is 11.8 Å². The number of ether oxygens (including phenoxy) is 1. The van der Waals surface area contributed by atoms with Crippen LogP contribution in [0.1, 0.15) is 38.7 Å². The molecule has 1 fully saturated rings. The van der Waals surface area contributed by atoms with Crippen LogP contribution in [0.25, 0.3) is 0 Å². The molecule has 0 aliphatic carbocycles. The van der Waals surface area contributed by atoms with Crippen LogP contribution in [0, 0.1) is 0 Å². The topological polar surface area (TPSA) is 105 Å². The van der Waals surface area contributed by atoms with Crippen molar-refractivity contribution in [2.24, 2.45) is 10.7 Å². The second-order valence-electron chi connectivity index (χ2n) is 6.71. The van der Waals surface area contributed by atoms with E-state index in [0.717, 1.165) is 50.4 Å². The van der Waals surface area contributed by atoms with E-state index in [1.54, 1.807) is 6.20 Å². The van der Waals surface area contributed by atoms with E-state index in [1.807, 2.05) is 19.1 Å². The number of primary amides is 1. The van der Waals surface area contributed by atoms with Gasteiger partial charge in [0.05, 0.1) is 19.7 Å². The van der Waals surface area contributed by atoms with Gasteiger partial charge in [0.15, 0.2) is 5.96 Å². The van der Waals surface area contributed by atoms with Crippen molar-refractivity contribution in [3.8, 4) is 5.88 Å². The molecule has 0 aromatic carbocycles. The monoisotopic (exact) mass is 504 g/mol. The van der Waals surface area contributed by atoms with Crippen molar-refractivity contribution in [1.82, 2.24) is 20.5 Å². The molecule has 1 saturated heterocycles. The molecule has 1 aliphatic heterocycles. The van der Waals surface area contributed by atoms with Gasteiger partial charge in [-0.2, -0.15) is 0 Å². The smallest absolute Gasteiger partial charge is 0.231 e. The Labute approximate surface area is 184 Å². The lowest BCUT2D eigenvalue weighted by Gasteiger charge is -2.32. The van der Waals surface area contributed by atoms with Gasteiger partial charge in [-0.25, -0.2) is 9.98 Å². The van der Waals surface area contributed by atoms with Crippen LogP contribution in [0.3, 0.4) is 0 Å². The Balaban J connectivity index is 0.00000392. The number of hydrogen-bond donors (Lipinski definition) is 3. The zero-order valence-corrected chi connectivity index (χ0v) is 19.1. The number of likely N-dealkylation sites (tertiary alicyclic amines) is 1. The Hall–Kier alpha value is -1.62. The SMILES string of the molecule is CCCOc1ccc(CN=C(NCC)NC2CCN(CC(N)=O)CC2)cn1.I. The highest BCUT2D eigenvalue weighted by Crippen LogP contribution is 2.11. The number of nitrogens with one attached hydrogen (secondary N) is 2. The van der Waals surface area contributed by atoms with E-state index < -0.39 is 0 Å². The lowest BCUT2D eigenvalue weighted by molar-refractivity contribution is -0.119. The molecule has 9 heteroatoms. The average Bonchev–Trinajstić information content (AvgIpc) is 2.66. The largest absolute Gasteiger partial charge is 0.478 e. The summed E-state index contributed by atoms with van der Waals surface area (Å²) < 4.78 is 5.50. The molecule has 1 amide bonds. The molecule has 8 nitrogen and oxygen atoms in total. The predicted octanol–water partition coefficient (Wildman–Crippen LogP) is 1.49. The summed E-state index contributed by atoms with van der Waals surface area (Å²) in [5, 5.41) is 6.78. The summed E-state index contributed by atoms with van der Waals surface area (Å²) in [6.45, 7) is 8.22. The maximum atomic E-state index is 11.0. The molecule has 2 heterocycles. The van der Waals surface area contributed by atoms with Gasteiger partial charge in [-0.1, -0.05) is 13.0 Å². The lowest BCUT2D eigenvalue weighted by atomic mass is 10.1. The first-order valence-electron chi connectivity index (χ1n) is 9.74. The number of carbonyl (C=O) groups excluding carboxylic acids is 1. The Morgan fingerprint density at radius 2 is 2.11 bits per heavy atom. The van der Waals surface area contributed by atoms with Gasteiger partial charge < -0.3 is 21.1 Å². The number of pyridine rings is 1. The third-order valence-corrected chi connectivity index (χ3v) is 4.32. The number of nitrogens with two attached hydrogens (primary N) is 1. The molecule has 2 rings (SSSR count). The van der Waals surface area contributed by atoms with Crippen molar-refractivity contribution < 1.29 is 9.53 Å². The Morgan fingerprint density at radius 1 is 1.36 bits per heavy atom. The van der Waals surface area contributed by atoms with Crippen LogP contribution in [-0.2, 0) is 11.3 Å². The number of guanidine groups is 1.